The number of hydrogen-bond donors (Lipinski definition) is 1. The van der Waals surface area contributed by atoms with Crippen molar-refractivity contribution in [1.29, 1.82) is 0 Å². The van der Waals surface area contributed by atoms with Gasteiger partial charge in [-0.15, -0.1) is 11.3 Å². The zero-order valence-corrected chi connectivity index (χ0v) is 14.1. The summed E-state index contributed by atoms with van der Waals surface area (Å²) >= 11 is 1.09. The van der Waals surface area contributed by atoms with E-state index in [9.17, 15) is 9.59 Å². The molecule has 0 fully saturated rings. The fourth-order valence-corrected chi connectivity index (χ4v) is 2.89. The highest BCUT2D eigenvalue weighted by Gasteiger charge is 2.29. The molecule has 0 aromatic carbocycles. The Balaban J connectivity index is 3.25. The van der Waals surface area contributed by atoms with Crippen LogP contribution in [0, 0.1) is 0 Å². The Morgan fingerprint density at radius 3 is 2.29 bits per heavy atom. The Kier molecular flexibility index (Phi) is 5.78. The number of hydrogen-bond acceptors (Lipinski definition) is 6. The lowest BCUT2D eigenvalue weighted by Gasteiger charge is -2.20. The molecular formula is C15H23NO4S. The first-order valence-corrected chi connectivity index (χ1v) is 7.84. The molecule has 5 nitrogen and oxygen atoms in total. The van der Waals surface area contributed by atoms with Crippen LogP contribution in [0.5, 0.6) is 0 Å². The standard InChI is InChI=1S/C15H23NO4S/c1-6-8-9-10(13(17)20-15(3,4)5)12(16)21-11(9)14(18)19-7-2/h6-8,16H2,1-5H3. The van der Waals surface area contributed by atoms with Crippen LogP contribution in [-0.2, 0) is 15.9 Å². The first-order valence-electron chi connectivity index (χ1n) is 7.02. The maximum Gasteiger partial charge on any atom is 0.348 e. The first-order chi connectivity index (χ1) is 9.71. The number of esters is 2. The van der Waals surface area contributed by atoms with Gasteiger partial charge in [-0.25, -0.2) is 9.59 Å². The highest BCUT2D eigenvalue weighted by atomic mass is 32.1. The van der Waals surface area contributed by atoms with Gasteiger partial charge in [0.15, 0.2) is 0 Å². The van der Waals surface area contributed by atoms with Crippen molar-refractivity contribution in [3.05, 3.63) is 16.0 Å². The zero-order valence-electron chi connectivity index (χ0n) is 13.2. The van der Waals surface area contributed by atoms with E-state index in [1.54, 1.807) is 27.7 Å². The monoisotopic (exact) mass is 313 g/mol. The normalized spacial score (nSPS) is 11.3. The second-order valence-electron chi connectivity index (χ2n) is 5.62. The van der Waals surface area contributed by atoms with Gasteiger partial charge in [-0.05, 0) is 39.7 Å². The van der Waals surface area contributed by atoms with E-state index in [4.69, 9.17) is 15.2 Å². The molecule has 0 unspecified atom stereocenters. The predicted molar refractivity (Wildman–Crippen MR) is 83.9 cm³/mol. The highest BCUT2D eigenvalue weighted by molar-refractivity contribution is 7.18. The number of nitrogens with two attached hydrogens (primary N) is 1. The topological polar surface area (TPSA) is 78.6 Å². The van der Waals surface area contributed by atoms with Crippen LogP contribution < -0.4 is 5.73 Å². The summed E-state index contributed by atoms with van der Waals surface area (Å²) in [5.74, 6) is -0.928. The minimum Gasteiger partial charge on any atom is -0.462 e. The fourth-order valence-electron chi connectivity index (χ4n) is 1.89. The third-order valence-electron chi connectivity index (χ3n) is 2.60. The molecule has 0 radical (unpaired) electrons. The van der Waals surface area contributed by atoms with Crippen molar-refractivity contribution in [1.82, 2.24) is 0 Å². The summed E-state index contributed by atoms with van der Waals surface area (Å²) in [6.07, 6.45) is 1.37. The number of rotatable bonds is 5. The summed E-state index contributed by atoms with van der Waals surface area (Å²) in [4.78, 5) is 24.7. The molecule has 0 saturated heterocycles. The molecule has 1 rings (SSSR count). The van der Waals surface area contributed by atoms with Gasteiger partial charge in [-0.1, -0.05) is 13.3 Å². The quantitative estimate of drug-likeness (QED) is 0.843. The SMILES string of the molecule is CCCc1c(C(=O)OCC)sc(N)c1C(=O)OC(C)(C)C. The maximum atomic E-state index is 12.3. The van der Waals surface area contributed by atoms with Gasteiger partial charge in [0.2, 0.25) is 0 Å². The zero-order chi connectivity index (χ0) is 16.2. The summed E-state index contributed by atoms with van der Waals surface area (Å²) in [6, 6.07) is 0. The lowest BCUT2D eigenvalue weighted by Crippen LogP contribution is -2.25. The van der Waals surface area contributed by atoms with Gasteiger partial charge >= 0.3 is 11.9 Å². The molecule has 0 aliphatic rings. The average Bonchev–Trinajstić information content (AvgIpc) is 2.65. The molecule has 0 spiro atoms. The van der Waals surface area contributed by atoms with Gasteiger partial charge < -0.3 is 15.2 Å². The molecule has 0 saturated carbocycles. The second kappa shape index (κ2) is 6.93. The summed E-state index contributed by atoms with van der Waals surface area (Å²) in [5.41, 5.74) is 6.26. The molecule has 0 amide bonds. The van der Waals surface area contributed by atoms with E-state index in [1.165, 1.54) is 0 Å². The van der Waals surface area contributed by atoms with E-state index in [2.05, 4.69) is 0 Å². The van der Waals surface area contributed by atoms with Crippen LogP contribution in [-0.4, -0.2) is 24.1 Å². The van der Waals surface area contributed by atoms with Gasteiger partial charge in [0.05, 0.1) is 12.2 Å². The molecule has 1 heterocycles. The number of carbonyl (C=O) groups excluding carboxylic acids is 2. The fraction of sp³-hybridized carbons (Fsp3) is 0.600. The van der Waals surface area contributed by atoms with Crippen LogP contribution in [0.3, 0.4) is 0 Å². The van der Waals surface area contributed by atoms with E-state index in [-0.39, 0.29) is 6.61 Å². The van der Waals surface area contributed by atoms with E-state index in [0.717, 1.165) is 17.8 Å². The first kappa shape index (κ1) is 17.5. The minimum atomic E-state index is -0.612. The molecule has 6 heteroatoms. The van der Waals surface area contributed by atoms with E-state index >= 15 is 0 Å². The molecule has 0 atom stereocenters. The van der Waals surface area contributed by atoms with Crippen molar-refractivity contribution >= 4 is 28.3 Å². The Morgan fingerprint density at radius 1 is 1.19 bits per heavy atom. The van der Waals surface area contributed by atoms with E-state index in [1.807, 2.05) is 6.92 Å². The van der Waals surface area contributed by atoms with Crippen LogP contribution in [0.2, 0.25) is 0 Å². The Hall–Kier alpha value is -1.56. The Morgan fingerprint density at radius 2 is 1.81 bits per heavy atom. The Labute approximate surface area is 129 Å². The van der Waals surface area contributed by atoms with Crippen LogP contribution in [0.1, 0.15) is 66.6 Å². The minimum absolute atomic E-state index is 0.282. The summed E-state index contributed by atoms with van der Waals surface area (Å²) in [5, 5.41) is 0.302. The Bertz CT molecular complexity index is 529. The number of nitrogen functional groups attached to an aromatic ring is 1. The number of thiophene rings is 1. The van der Waals surface area contributed by atoms with Crippen LogP contribution in [0.15, 0.2) is 0 Å². The molecule has 0 bridgehead atoms. The summed E-state index contributed by atoms with van der Waals surface area (Å²) in [6.45, 7) is 9.37. The summed E-state index contributed by atoms with van der Waals surface area (Å²) in [7, 11) is 0. The van der Waals surface area contributed by atoms with Gasteiger partial charge in [0.1, 0.15) is 15.5 Å². The third-order valence-corrected chi connectivity index (χ3v) is 3.64. The predicted octanol–water partition coefficient (Wildman–Crippen LogP) is 3.41. The third kappa shape index (κ3) is 4.46. The van der Waals surface area contributed by atoms with Gasteiger partial charge in [0.25, 0.3) is 0 Å². The van der Waals surface area contributed by atoms with Gasteiger partial charge in [-0.3, -0.25) is 0 Å². The maximum absolute atomic E-state index is 12.3. The van der Waals surface area contributed by atoms with E-state index < -0.39 is 17.5 Å². The molecule has 118 valence electrons. The van der Waals surface area contributed by atoms with Gasteiger partial charge in [0, 0.05) is 0 Å². The molecule has 0 aliphatic carbocycles. The molecule has 21 heavy (non-hydrogen) atoms. The van der Waals surface area contributed by atoms with Crippen molar-refractivity contribution in [3.8, 4) is 0 Å². The van der Waals surface area contributed by atoms with Gasteiger partial charge in [-0.2, -0.15) is 0 Å². The second-order valence-corrected chi connectivity index (χ2v) is 6.67. The largest absolute Gasteiger partial charge is 0.462 e. The van der Waals surface area contributed by atoms with Crippen LogP contribution in [0.25, 0.3) is 0 Å². The van der Waals surface area contributed by atoms with Crippen molar-refractivity contribution in [3.63, 3.8) is 0 Å². The molecular weight excluding hydrogens is 290 g/mol. The van der Waals surface area contributed by atoms with Crippen LogP contribution in [0.4, 0.5) is 5.00 Å². The van der Waals surface area contributed by atoms with Crippen molar-refractivity contribution in [2.75, 3.05) is 12.3 Å². The van der Waals surface area contributed by atoms with E-state index in [0.29, 0.717) is 27.4 Å². The number of carbonyl (C=O) groups is 2. The molecule has 0 aliphatic heterocycles. The number of anilines is 1. The average molecular weight is 313 g/mol. The lowest BCUT2D eigenvalue weighted by atomic mass is 10.0. The molecule has 2 N–H and O–H groups in total. The molecule has 1 aromatic rings. The lowest BCUT2D eigenvalue weighted by molar-refractivity contribution is 0.00702. The summed E-state index contributed by atoms with van der Waals surface area (Å²) < 4.78 is 10.4. The molecule has 1 aromatic heterocycles. The van der Waals surface area contributed by atoms with Crippen molar-refractivity contribution in [2.45, 2.75) is 53.1 Å². The van der Waals surface area contributed by atoms with Crippen molar-refractivity contribution in [2.24, 2.45) is 0 Å². The van der Waals surface area contributed by atoms with Crippen molar-refractivity contribution < 1.29 is 19.1 Å². The number of ether oxygens (including phenoxy) is 2. The van der Waals surface area contributed by atoms with Crippen LogP contribution >= 0.6 is 11.3 Å². The smallest absolute Gasteiger partial charge is 0.348 e. The highest BCUT2D eigenvalue weighted by Crippen LogP contribution is 2.34.